The number of aliphatic imine (C=N–C) groups is 1. The first kappa shape index (κ1) is 10.4. The number of anilines is 2. The fourth-order valence-electron chi connectivity index (χ4n) is 1.08. The van der Waals surface area contributed by atoms with Crippen LogP contribution < -0.4 is 16.8 Å². The average Bonchev–Trinajstić information content (AvgIpc) is 2.15. The fourth-order valence-corrected chi connectivity index (χ4v) is 1.08. The minimum absolute atomic E-state index is 0.604. The summed E-state index contributed by atoms with van der Waals surface area (Å²) in [4.78, 5) is 4.06. The molecule has 0 aromatic heterocycles. The molecule has 1 aromatic rings. The Kier molecular flexibility index (Phi) is 3.79. The van der Waals surface area contributed by atoms with Crippen LogP contribution in [0.5, 0.6) is 0 Å². The minimum Gasteiger partial charge on any atom is -0.397 e. The van der Waals surface area contributed by atoms with Gasteiger partial charge in [0.2, 0.25) is 0 Å². The van der Waals surface area contributed by atoms with Crippen LogP contribution in [0.2, 0.25) is 0 Å². The number of hydrogen-bond acceptors (Lipinski definition) is 3. The normalized spacial score (nSPS) is 11.4. The largest absolute Gasteiger partial charge is 0.397 e. The Labute approximate surface area is 84.0 Å². The van der Waals surface area contributed by atoms with E-state index in [-0.39, 0.29) is 0 Å². The Morgan fingerprint density at radius 1 is 1.43 bits per heavy atom. The number of hydrogen-bond donors (Lipinski definition) is 3. The molecule has 0 fully saturated rings. The molecule has 0 bridgehead atoms. The zero-order valence-corrected chi connectivity index (χ0v) is 8.33. The molecule has 0 aliphatic rings. The van der Waals surface area contributed by atoms with E-state index in [2.05, 4.69) is 10.3 Å². The Balaban J connectivity index is 2.39. The van der Waals surface area contributed by atoms with E-state index < -0.39 is 0 Å². The van der Waals surface area contributed by atoms with E-state index in [1.807, 2.05) is 24.3 Å². The fraction of sp³-hybridized carbons (Fsp3) is 0.300. The van der Waals surface area contributed by atoms with Gasteiger partial charge in [-0.3, -0.25) is 4.99 Å². The lowest BCUT2D eigenvalue weighted by molar-refractivity contribution is 1.02. The second-order valence-electron chi connectivity index (χ2n) is 3.04. The molecule has 1 aromatic carbocycles. The van der Waals surface area contributed by atoms with Crippen molar-refractivity contribution in [3.05, 3.63) is 24.3 Å². The molecule has 0 atom stereocenters. The number of nitrogen functional groups attached to an aromatic ring is 1. The zero-order valence-electron chi connectivity index (χ0n) is 8.33. The van der Waals surface area contributed by atoms with Gasteiger partial charge in [-0.1, -0.05) is 12.1 Å². The van der Waals surface area contributed by atoms with E-state index in [4.69, 9.17) is 11.5 Å². The topological polar surface area (TPSA) is 76.4 Å². The minimum atomic E-state index is 0.604. The molecular formula is C10H16N4. The number of nitrogens with zero attached hydrogens (tertiary/aromatic N) is 1. The molecule has 0 aliphatic heterocycles. The predicted molar refractivity (Wildman–Crippen MR) is 61.5 cm³/mol. The van der Waals surface area contributed by atoms with Crippen LogP contribution in [0, 0.1) is 0 Å². The van der Waals surface area contributed by atoms with Gasteiger partial charge in [0.15, 0.2) is 0 Å². The molecule has 0 amide bonds. The predicted octanol–water partition coefficient (Wildman–Crippen LogP) is 1.06. The maximum absolute atomic E-state index is 5.74. The van der Waals surface area contributed by atoms with Crippen molar-refractivity contribution < 1.29 is 0 Å². The van der Waals surface area contributed by atoms with E-state index in [0.29, 0.717) is 12.4 Å². The molecule has 0 saturated heterocycles. The van der Waals surface area contributed by atoms with Crippen LogP contribution in [0.25, 0.3) is 0 Å². The van der Waals surface area contributed by atoms with Gasteiger partial charge >= 0.3 is 0 Å². The van der Waals surface area contributed by atoms with Crippen LogP contribution in [0.1, 0.15) is 6.92 Å². The van der Waals surface area contributed by atoms with Crippen LogP contribution >= 0.6 is 0 Å². The summed E-state index contributed by atoms with van der Waals surface area (Å²) in [6.45, 7) is 3.18. The van der Waals surface area contributed by atoms with E-state index in [9.17, 15) is 0 Å². The molecule has 0 unspecified atom stereocenters. The third-order valence-corrected chi connectivity index (χ3v) is 1.75. The number of benzene rings is 1. The lowest BCUT2D eigenvalue weighted by atomic mass is 10.3. The first-order valence-corrected chi connectivity index (χ1v) is 4.55. The van der Waals surface area contributed by atoms with Crippen molar-refractivity contribution in [2.24, 2.45) is 10.7 Å². The Hall–Kier alpha value is -1.71. The summed E-state index contributed by atoms with van der Waals surface area (Å²) in [5.41, 5.74) is 12.8. The number of para-hydroxylation sites is 2. The van der Waals surface area contributed by atoms with Gasteiger partial charge in [-0.05, 0) is 19.1 Å². The summed E-state index contributed by atoms with van der Waals surface area (Å²) in [7, 11) is 0. The summed E-state index contributed by atoms with van der Waals surface area (Å²) in [5, 5.41) is 3.18. The smallest absolute Gasteiger partial charge is 0.0906 e. The average molecular weight is 192 g/mol. The first-order valence-electron chi connectivity index (χ1n) is 4.55. The molecule has 0 spiro atoms. The second kappa shape index (κ2) is 5.11. The highest BCUT2D eigenvalue weighted by atomic mass is 14.9. The molecule has 4 nitrogen and oxygen atoms in total. The quantitative estimate of drug-likeness (QED) is 0.289. The highest BCUT2D eigenvalue weighted by Gasteiger charge is 1.94. The Morgan fingerprint density at radius 2 is 2.14 bits per heavy atom. The van der Waals surface area contributed by atoms with Crippen LogP contribution in [0.3, 0.4) is 0 Å². The van der Waals surface area contributed by atoms with Gasteiger partial charge in [0.25, 0.3) is 0 Å². The van der Waals surface area contributed by atoms with Crippen molar-refractivity contribution >= 4 is 17.2 Å². The van der Waals surface area contributed by atoms with Crippen LogP contribution in [-0.4, -0.2) is 18.9 Å². The first-order chi connectivity index (χ1) is 6.70. The third-order valence-electron chi connectivity index (χ3n) is 1.75. The van der Waals surface area contributed by atoms with Gasteiger partial charge in [0.1, 0.15) is 0 Å². The SMILES string of the molecule is CC(N)=NCCNc1ccccc1N. The van der Waals surface area contributed by atoms with Crippen LogP contribution in [0.15, 0.2) is 29.3 Å². The molecule has 0 radical (unpaired) electrons. The molecule has 0 aliphatic carbocycles. The van der Waals surface area contributed by atoms with Crippen molar-refractivity contribution in [1.29, 1.82) is 0 Å². The van der Waals surface area contributed by atoms with Gasteiger partial charge in [-0.25, -0.2) is 0 Å². The summed E-state index contributed by atoms with van der Waals surface area (Å²) in [6, 6.07) is 7.65. The molecular weight excluding hydrogens is 176 g/mol. The Morgan fingerprint density at radius 3 is 2.79 bits per heavy atom. The molecule has 5 N–H and O–H groups in total. The van der Waals surface area contributed by atoms with Gasteiger partial charge in [-0.15, -0.1) is 0 Å². The second-order valence-corrected chi connectivity index (χ2v) is 3.04. The number of nitrogens with one attached hydrogen (secondary N) is 1. The maximum Gasteiger partial charge on any atom is 0.0906 e. The van der Waals surface area contributed by atoms with Crippen molar-refractivity contribution in [3.63, 3.8) is 0 Å². The Bertz CT molecular complexity index is 316. The van der Waals surface area contributed by atoms with E-state index in [0.717, 1.165) is 17.9 Å². The van der Waals surface area contributed by atoms with Gasteiger partial charge in [0, 0.05) is 6.54 Å². The van der Waals surface area contributed by atoms with Gasteiger partial charge in [0.05, 0.1) is 23.8 Å². The maximum atomic E-state index is 5.74. The molecule has 0 saturated carbocycles. The lowest BCUT2D eigenvalue weighted by Gasteiger charge is -2.06. The molecule has 0 heterocycles. The lowest BCUT2D eigenvalue weighted by Crippen LogP contribution is -2.11. The van der Waals surface area contributed by atoms with Crippen LogP contribution in [-0.2, 0) is 0 Å². The van der Waals surface area contributed by atoms with Crippen molar-refractivity contribution in [3.8, 4) is 0 Å². The molecule has 4 heteroatoms. The zero-order chi connectivity index (χ0) is 10.4. The summed E-state index contributed by atoms with van der Waals surface area (Å²) < 4.78 is 0. The number of nitrogens with two attached hydrogens (primary N) is 2. The monoisotopic (exact) mass is 192 g/mol. The molecule has 76 valence electrons. The van der Waals surface area contributed by atoms with Crippen molar-refractivity contribution in [1.82, 2.24) is 0 Å². The molecule has 1 rings (SSSR count). The van der Waals surface area contributed by atoms with Crippen LogP contribution in [0.4, 0.5) is 11.4 Å². The van der Waals surface area contributed by atoms with Gasteiger partial charge < -0.3 is 16.8 Å². The van der Waals surface area contributed by atoms with Gasteiger partial charge in [-0.2, -0.15) is 0 Å². The number of rotatable bonds is 4. The van der Waals surface area contributed by atoms with Crippen molar-refractivity contribution in [2.45, 2.75) is 6.92 Å². The highest BCUT2D eigenvalue weighted by molar-refractivity contribution is 5.77. The summed E-state index contributed by atoms with van der Waals surface area (Å²) in [6.07, 6.45) is 0. The van der Waals surface area contributed by atoms with E-state index >= 15 is 0 Å². The number of amidine groups is 1. The highest BCUT2D eigenvalue weighted by Crippen LogP contribution is 2.15. The van der Waals surface area contributed by atoms with E-state index in [1.54, 1.807) is 6.92 Å². The molecule has 14 heavy (non-hydrogen) atoms. The van der Waals surface area contributed by atoms with Crippen molar-refractivity contribution in [2.75, 3.05) is 24.1 Å². The summed E-state index contributed by atoms with van der Waals surface area (Å²) in [5.74, 6) is 0.604. The van der Waals surface area contributed by atoms with E-state index in [1.165, 1.54) is 0 Å². The standard InChI is InChI=1S/C10H16N4/c1-8(11)13-6-7-14-10-5-3-2-4-9(10)12/h2-5,14H,6-7,12H2,1H3,(H2,11,13). The third kappa shape index (κ3) is 3.35. The summed E-state index contributed by atoms with van der Waals surface area (Å²) >= 11 is 0.